The van der Waals surface area contributed by atoms with Gasteiger partial charge in [0.2, 0.25) is 0 Å². The highest BCUT2D eigenvalue weighted by atomic mass is 32.2. The summed E-state index contributed by atoms with van der Waals surface area (Å²) in [6, 6.07) is 0. The van der Waals surface area contributed by atoms with Gasteiger partial charge in [0.1, 0.15) is 0 Å². The van der Waals surface area contributed by atoms with Gasteiger partial charge in [0.05, 0.1) is 0 Å². The predicted molar refractivity (Wildman–Crippen MR) is 62.8 cm³/mol. The van der Waals surface area contributed by atoms with Crippen LogP contribution in [0.4, 0.5) is 0 Å². The molecule has 0 aromatic rings. The van der Waals surface area contributed by atoms with Crippen LogP contribution in [0.15, 0.2) is 22.7 Å². The van der Waals surface area contributed by atoms with Crippen LogP contribution in [0.5, 0.6) is 0 Å². The van der Waals surface area contributed by atoms with Crippen LogP contribution in [0, 0.1) is 5.92 Å². The normalized spacial score (nSPS) is 24.7. The Morgan fingerprint density at radius 1 is 1.07 bits per heavy atom. The molecule has 2 heteroatoms. The van der Waals surface area contributed by atoms with Crippen molar-refractivity contribution >= 4 is 11.8 Å². The first-order valence-corrected chi connectivity index (χ1v) is 6.56. The number of hydrogen-bond acceptors (Lipinski definition) is 1. The van der Waals surface area contributed by atoms with Crippen molar-refractivity contribution in [1.29, 1.82) is 0 Å². The van der Waals surface area contributed by atoms with Crippen LogP contribution >= 0.6 is 11.8 Å². The van der Waals surface area contributed by atoms with E-state index in [1.54, 1.807) is 0 Å². The lowest BCUT2D eigenvalue weighted by Crippen LogP contribution is -2.07. The van der Waals surface area contributed by atoms with E-state index in [4.69, 9.17) is 0 Å². The van der Waals surface area contributed by atoms with E-state index in [2.05, 4.69) is 16.9 Å². The minimum atomic E-state index is 0.800. The lowest BCUT2D eigenvalue weighted by atomic mass is 9.91. The Hall–Kier alpha value is -0.370. The Kier molecular flexibility index (Phi) is 3.99. The van der Waals surface area contributed by atoms with Crippen LogP contribution in [0.25, 0.3) is 0 Å². The molecular formula is C12H18NS. The van der Waals surface area contributed by atoms with E-state index >= 15 is 0 Å². The van der Waals surface area contributed by atoms with Crippen molar-refractivity contribution in [1.82, 2.24) is 5.32 Å². The average Bonchev–Trinajstić information content (AvgIpc) is 2.18. The summed E-state index contributed by atoms with van der Waals surface area (Å²) in [4.78, 5) is 1.49. The molecule has 1 radical (unpaired) electrons. The number of allylic oxidation sites excluding steroid dienone is 1. The van der Waals surface area contributed by atoms with Gasteiger partial charge in [-0.3, -0.25) is 5.32 Å². The molecule has 0 saturated heterocycles. The number of nitrogens with zero attached hydrogens (tertiary/aromatic N) is 1. The fraction of sp³-hybridized carbons (Fsp3) is 0.667. The fourth-order valence-corrected chi connectivity index (χ4v) is 3.07. The molecule has 0 amide bonds. The lowest BCUT2D eigenvalue weighted by Gasteiger charge is -2.22. The van der Waals surface area contributed by atoms with E-state index in [1.807, 2.05) is 18.0 Å². The first kappa shape index (κ1) is 10.2. The zero-order valence-corrected chi connectivity index (χ0v) is 9.43. The molecule has 1 nitrogen and oxygen atoms in total. The Bertz CT molecular complexity index is 224. The molecule has 1 aliphatic carbocycles. The second-order valence-electron chi connectivity index (χ2n) is 4.13. The molecule has 14 heavy (non-hydrogen) atoms. The second kappa shape index (κ2) is 5.50. The maximum atomic E-state index is 4.22. The molecule has 1 fully saturated rings. The van der Waals surface area contributed by atoms with Gasteiger partial charge in [-0.15, -0.1) is 0 Å². The quantitative estimate of drug-likeness (QED) is 0.635. The van der Waals surface area contributed by atoms with Gasteiger partial charge in [-0.05, 0) is 24.2 Å². The van der Waals surface area contributed by atoms with Gasteiger partial charge in [0.15, 0.2) is 0 Å². The topological polar surface area (TPSA) is 14.1 Å². The van der Waals surface area contributed by atoms with E-state index in [0.29, 0.717) is 0 Å². The smallest absolute Gasteiger partial charge is 0.0369 e. The molecule has 0 aromatic heterocycles. The molecule has 2 rings (SSSR count). The molecule has 0 N–H and O–H groups in total. The Balaban J connectivity index is 1.90. The van der Waals surface area contributed by atoms with Crippen molar-refractivity contribution in [3.63, 3.8) is 0 Å². The minimum Gasteiger partial charge on any atom is -0.263 e. The number of rotatable bonds is 1. The molecule has 2 aliphatic rings. The van der Waals surface area contributed by atoms with E-state index in [1.165, 1.54) is 49.9 Å². The van der Waals surface area contributed by atoms with Crippen molar-refractivity contribution in [2.45, 2.75) is 44.9 Å². The summed E-state index contributed by atoms with van der Waals surface area (Å²) >= 11 is 1.87. The van der Waals surface area contributed by atoms with Crippen molar-refractivity contribution in [2.24, 2.45) is 5.92 Å². The van der Waals surface area contributed by atoms with Crippen LogP contribution in [0.2, 0.25) is 0 Å². The summed E-state index contributed by atoms with van der Waals surface area (Å²) in [6.07, 6.45) is 13.8. The van der Waals surface area contributed by atoms with Gasteiger partial charge in [-0.2, -0.15) is 0 Å². The van der Waals surface area contributed by atoms with Gasteiger partial charge in [-0.25, -0.2) is 0 Å². The summed E-state index contributed by atoms with van der Waals surface area (Å²) < 4.78 is 0. The molecule has 0 bridgehead atoms. The van der Waals surface area contributed by atoms with E-state index in [9.17, 15) is 0 Å². The molecule has 1 saturated carbocycles. The highest BCUT2D eigenvalue weighted by molar-refractivity contribution is 8.05. The first-order chi connectivity index (χ1) is 6.97. The summed E-state index contributed by atoms with van der Waals surface area (Å²) in [7, 11) is 0. The zero-order chi connectivity index (χ0) is 9.64. The third-order valence-corrected chi connectivity index (χ3v) is 4.03. The van der Waals surface area contributed by atoms with E-state index in [-0.39, 0.29) is 0 Å². The van der Waals surface area contributed by atoms with Crippen molar-refractivity contribution in [2.75, 3.05) is 0 Å². The molecule has 0 spiro atoms. The number of thioether (sulfide) groups is 1. The lowest BCUT2D eigenvalue weighted by molar-refractivity contribution is 0.430. The van der Waals surface area contributed by atoms with Crippen molar-refractivity contribution < 1.29 is 0 Å². The molecule has 0 atom stereocenters. The standard InChI is InChI=1S/C12H18NS/c1-2-4-6-11(7-5-3-1)12-10-13-8-9-14-12/h8-11H,1-7H2. The molecule has 1 aliphatic heterocycles. The summed E-state index contributed by atoms with van der Waals surface area (Å²) in [5.74, 6) is 0.800. The molecule has 1 heterocycles. The van der Waals surface area contributed by atoms with Crippen LogP contribution in [-0.4, -0.2) is 0 Å². The largest absolute Gasteiger partial charge is 0.263 e. The predicted octanol–water partition coefficient (Wildman–Crippen LogP) is 4.01. The fourth-order valence-electron chi connectivity index (χ4n) is 2.23. The van der Waals surface area contributed by atoms with Gasteiger partial charge in [0, 0.05) is 17.3 Å². The van der Waals surface area contributed by atoms with E-state index in [0.717, 1.165) is 5.92 Å². The first-order valence-electron chi connectivity index (χ1n) is 5.68. The van der Waals surface area contributed by atoms with Crippen molar-refractivity contribution in [3.05, 3.63) is 22.7 Å². The average molecular weight is 208 g/mol. The maximum Gasteiger partial charge on any atom is 0.0369 e. The van der Waals surface area contributed by atoms with Crippen LogP contribution < -0.4 is 5.32 Å². The SMILES string of the molecule is C1=CSC(C2CCCCCCC2)=C[N]1. The summed E-state index contributed by atoms with van der Waals surface area (Å²) in [6.45, 7) is 0. The zero-order valence-electron chi connectivity index (χ0n) is 8.61. The van der Waals surface area contributed by atoms with Gasteiger partial charge in [-0.1, -0.05) is 43.9 Å². The number of hydrogen-bond donors (Lipinski definition) is 0. The van der Waals surface area contributed by atoms with Gasteiger partial charge >= 0.3 is 0 Å². The highest BCUT2D eigenvalue weighted by Gasteiger charge is 2.16. The molecule has 0 unspecified atom stereocenters. The minimum absolute atomic E-state index is 0.800. The summed E-state index contributed by atoms with van der Waals surface area (Å²) in [5, 5.41) is 6.33. The van der Waals surface area contributed by atoms with Crippen LogP contribution in [0.3, 0.4) is 0 Å². The molecule has 0 aromatic carbocycles. The summed E-state index contributed by atoms with van der Waals surface area (Å²) in [5.41, 5.74) is 0. The maximum absolute atomic E-state index is 4.22. The third kappa shape index (κ3) is 2.81. The van der Waals surface area contributed by atoms with Crippen LogP contribution in [0.1, 0.15) is 44.9 Å². The van der Waals surface area contributed by atoms with Gasteiger partial charge in [0.25, 0.3) is 0 Å². The Morgan fingerprint density at radius 3 is 2.43 bits per heavy atom. The monoisotopic (exact) mass is 208 g/mol. The molecule has 77 valence electrons. The highest BCUT2D eigenvalue weighted by Crippen LogP contribution is 2.35. The van der Waals surface area contributed by atoms with Crippen molar-refractivity contribution in [3.8, 4) is 0 Å². The van der Waals surface area contributed by atoms with E-state index < -0.39 is 0 Å². The molecular weight excluding hydrogens is 190 g/mol. The van der Waals surface area contributed by atoms with Crippen LogP contribution in [-0.2, 0) is 0 Å². The second-order valence-corrected chi connectivity index (χ2v) is 5.10. The Morgan fingerprint density at radius 2 is 1.79 bits per heavy atom. The Labute approximate surface area is 91.0 Å². The van der Waals surface area contributed by atoms with Gasteiger partial charge < -0.3 is 0 Å². The third-order valence-electron chi connectivity index (χ3n) is 3.06.